The van der Waals surface area contributed by atoms with E-state index in [-0.39, 0.29) is 0 Å². The Labute approximate surface area is 125 Å². The summed E-state index contributed by atoms with van der Waals surface area (Å²) in [5.74, 6) is 0. The van der Waals surface area contributed by atoms with Crippen molar-refractivity contribution in [1.29, 1.82) is 0 Å². The molecule has 0 fully saturated rings. The van der Waals surface area contributed by atoms with Crippen molar-refractivity contribution in [2.24, 2.45) is 0 Å². The van der Waals surface area contributed by atoms with Crippen molar-refractivity contribution in [3.63, 3.8) is 0 Å². The van der Waals surface area contributed by atoms with Crippen LogP contribution >= 0.6 is 0 Å². The molecule has 0 nitrogen and oxygen atoms in total. The Bertz CT molecular complexity index is 876. The first-order valence-electron chi connectivity index (χ1n) is 7.52. The Kier molecular flexibility index (Phi) is 2.71. The van der Waals surface area contributed by atoms with Crippen LogP contribution in [-0.4, -0.2) is 0 Å². The van der Waals surface area contributed by atoms with Crippen LogP contribution in [0.1, 0.15) is 23.6 Å². The zero-order valence-electron chi connectivity index (χ0n) is 12.5. The van der Waals surface area contributed by atoms with Crippen LogP contribution in [-0.2, 0) is 6.42 Å². The summed E-state index contributed by atoms with van der Waals surface area (Å²) in [6, 6.07) is 19.8. The number of aryl methyl sites for hydroxylation is 1. The van der Waals surface area contributed by atoms with Gasteiger partial charge in [-0.25, -0.2) is 0 Å². The van der Waals surface area contributed by atoms with Crippen molar-refractivity contribution < 1.29 is 0 Å². The van der Waals surface area contributed by atoms with Crippen LogP contribution in [0.3, 0.4) is 0 Å². The maximum Gasteiger partial charge on any atom is -0.00604 e. The highest BCUT2D eigenvalue weighted by Crippen LogP contribution is 2.39. The van der Waals surface area contributed by atoms with Crippen molar-refractivity contribution in [2.75, 3.05) is 0 Å². The van der Waals surface area contributed by atoms with Gasteiger partial charge in [-0.3, -0.25) is 0 Å². The van der Waals surface area contributed by atoms with Gasteiger partial charge in [0.15, 0.2) is 0 Å². The molecule has 0 amide bonds. The summed E-state index contributed by atoms with van der Waals surface area (Å²) < 4.78 is 0. The van der Waals surface area contributed by atoms with Gasteiger partial charge in [-0.1, -0.05) is 66.2 Å². The van der Waals surface area contributed by atoms with Gasteiger partial charge in [0.05, 0.1) is 0 Å². The van der Waals surface area contributed by atoms with E-state index >= 15 is 0 Å². The second kappa shape index (κ2) is 4.60. The number of hydrogen-bond acceptors (Lipinski definition) is 0. The van der Waals surface area contributed by atoms with E-state index in [0.29, 0.717) is 0 Å². The molecule has 0 spiro atoms. The third-order valence-corrected chi connectivity index (χ3v) is 4.46. The number of fused-ring (bicyclic) bond motifs is 2. The Balaban J connectivity index is 2.09. The lowest BCUT2D eigenvalue weighted by molar-refractivity contribution is 1.19. The molecule has 0 bridgehead atoms. The minimum Gasteiger partial charge on any atom is -0.0683 e. The third-order valence-electron chi connectivity index (χ3n) is 4.46. The minimum atomic E-state index is 1.09. The lowest BCUT2D eigenvalue weighted by Crippen LogP contribution is -1.92. The predicted octanol–water partition coefficient (Wildman–Crippen LogP) is 5.77. The normalized spacial score (nSPS) is 13.3. The van der Waals surface area contributed by atoms with Crippen LogP contribution < -0.4 is 0 Å². The van der Waals surface area contributed by atoms with E-state index in [9.17, 15) is 0 Å². The van der Waals surface area contributed by atoms with Crippen molar-refractivity contribution in [3.8, 4) is 11.1 Å². The van der Waals surface area contributed by atoms with Gasteiger partial charge in [0.2, 0.25) is 0 Å². The minimum absolute atomic E-state index is 1.09. The van der Waals surface area contributed by atoms with Gasteiger partial charge in [-0.2, -0.15) is 0 Å². The fraction of sp³-hybridized carbons (Fsp3) is 0.143. The summed E-state index contributed by atoms with van der Waals surface area (Å²) in [7, 11) is 0. The first-order valence-corrected chi connectivity index (χ1v) is 7.52. The number of hydrogen-bond donors (Lipinski definition) is 0. The van der Waals surface area contributed by atoms with Crippen LogP contribution in [0.25, 0.3) is 28.0 Å². The average molecular weight is 270 g/mol. The van der Waals surface area contributed by atoms with Gasteiger partial charge in [0.1, 0.15) is 0 Å². The molecule has 1 aliphatic rings. The Morgan fingerprint density at radius 2 is 1.62 bits per heavy atom. The molecule has 0 aromatic heterocycles. The monoisotopic (exact) mass is 270 g/mol. The molecule has 102 valence electrons. The van der Waals surface area contributed by atoms with Crippen LogP contribution in [0.2, 0.25) is 0 Å². The van der Waals surface area contributed by atoms with Crippen LogP contribution in [0, 0.1) is 6.92 Å². The highest BCUT2D eigenvalue weighted by molar-refractivity contribution is 6.00. The van der Waals surface area contributed by atoms with Gasteiger partial charge < -0.3 is 0 Å². The summed E-state index contributed by atoms with van der Waals surface area (Å²) in [5.41, 5.74) is 8.45. The van der Waals surface area contributed by atoms with Crippen molar-refractivity contribution in [3.05, 3.63) is 76.9 Å². The maximum absolute atomic E-state index is 2.36. The molecule has 0 saturated heterocycles. The molecule has 0 unspecified atom stereocenters. The quantitative estimate of drug-likeness (QED) is 0.526. The van der Waals surface area contributed by atoms with Crippen molar-refractivity contribution in [1.82, 2.24) is 0 Å². The highest BCUT2D eigenvalue weighted by atomic mass is 14.2. The van der Waals surface area contributed by atoms with Gasteiger partial charge >= 0.3 is 0 Å². The lowest BCUT2D eigenvalue weighted by Gasteiger charge is -2.14. The van der Waals surface area contributed by atoms with Crippen molar-refractivity contribution >= 4 is 16.8 Å². The summed E-state index contributed by atoms with van der Waals surface area (Å²) in [6.45, 7) is 4.45. The molecule has 1 aliphatic carbocycles. The summed E-state index contributed by atoms with van der Waals surface area (Å²) in [6.07, 6.45) is 3.45. The molecular formula is C21H18. The second-order valence-corrected chi connectivity index (χ2v) is 6.02. The molecule has 0 atom stereocenters. The van der Waals surface area contributed by atoms with E-state index in [1.807, 2.05) is 0 Å². The lowest BCUT2D eigenvalue weighted by atomic mass is 9.90. The smallest absolute Gasteiger partial charge is 0.00604 e. The molecular weight excluding hydrogens is 252 g/mol. The van der Waals surface area contributed by atoms with Crippen LogP contribution in [0.15, 0.2) is 60.2 Å². The maximum atomic E-state index is 2.36. The molecule has 0 saturated carbocycles. The zero-order chi connectivity index (χ0) is 14.4. The molecule has 0 N–H and O–H groups in total. The molecule has 4 rings (SSSR count). The molecule has 0 heterocycles. The average Bonchev–Trinajstić information content (AvgIpc) is 2.87. The Morgan fingerprint density at radius 1 is 0.810 bits per heavy atom. The summed E-state index contributed by atoms with van der Waals surface area (Å²) in [5, 5.41) is 2.65. The van der Waals surface area contributed by atoms with Gasteiger partial charge in [0, 0.05) is 0 Å². The number of benzene rings is 3. The largest absolute Gasteiger partial charge is 0.0683 e. The summed E-state index contributed by atoms with van der Waals surface area (Å²) in [4.78, 5) is 0. The molecule has 0 heteroatoms. The SMILES string of the molecule is CC1=Cc2c(ccc(C)c2-c2cccc3ccccc23)C1. The predicted molar refractivity (Wildman–Crippen MR) is 91.5 cm³/mol. The van der Waals surface area contributed by atoms with E-state index in [2.05, 4.69) is 74.5 Å². The fourth-order valence-electron chi connectivity index (χ4n) is 3.49. The Hall–Kier alpha value is -2.34. The topological polar surface area (TPSA) is 0 Å². The fourth-order valence-corrected chi connectivity index (χ4v) is 3.49. The van der Waals surface area contributed by atoms with Crippen LogP contribution in [0.5, 0.6) is 0 Å². The number of allylic oxidation sites excluding steroid dienone is 1. The summed E-state index contributed by atoms with van der Waals surface area (Å²) >= 11 is 0. The van der Waals surface area contributed by atoms with E-state index in [0.717, 1.165) is 6.42 Å². The second-order valence-electron chi connectivity index (χ2n) is 6.02. The van der Waals surface area contributed by atoms with Gasteiger partial charge in [-0.15, -0.1) is 0 Å². The molecule has 0 aliphatic heterocycles. The van der Waals surface area contributed by atoms with E-state index in [1.165, 1.54) is 44.2 Å². The van der Waals surface area contributed by atoms with Crippen molar-refractivity contribution in [2.45, 2.75) is 20.3 Å². The highest BCUT2D eigenvalue weighted by Gasteiger charge is 2.17. The van der Waals surface area contributed by atoms with E-state index in [4.69, 9.17) is 0 Å². The Morgan fingerprint density at radius 3 is 2.52 bits per heavy atom. The molecule has 3 aromatic rings. The first-order chi connectivity index (χ1) is 10.2. The molecule has 21 heavy (non-hydrogen) atoms. The molecule has 0 radical (unpaired) electrons. The standard InChI is InChI=1S/C21H18/c1-14-12-17-11-10-15(2)21(20(17)13-14)19-9-5-7-16-6-3-4-8-18(16)19/h3-11,13H,12H2,1-2H3. The third kappa shape index (κ3) is 1.91. The number of rotatable bonds is 1. The van der Waals surface area contributed by atoms with Gasteiger partial charge in [0.25, 0.3) is 0 Å². The zero-order valence-corrected chi connectivity index (χ0v) is 12.5. The van der Waals surface area contributed by atoms with Gasteiger partial charge in [-0.05, 0) is 58.9 Å². The molecule has 3 aromatic carbocycles. The van der Waals surface area contributed by atoms with E-state index in [1.54, 1.807) is 0 Å². The van der Waals surface area contributed by atoms with E-state index < -0.39 is 0 Å². The first kappa shape index (κ1) is 12.4. The van der Waals surface area contributed by atoms with Crippen LogP contribution in [0.4, 0.5) is 0 Å².